The van der Waals surface area contributed by atoms with Crippen LogP contribution in [-0.4, -0.2) is 15.7 Å². The fraction of sp³-hybridized carbons (Fsp3) is 0.300. The predicted octanol–water partition coefficient (Wildman–Crippen LogP) is 2.25. The molecule has 0 saturated heterocycles. The first kappa shape index (κ1) is 8.02. The minimum absolute atomic E-state index is 0.470. The van der Waals surface area contributed by atoms with Gasteiger partial charge in [-0.05, 0) is 17.4 Å². The van der Waals surface area contributed by atoms with Gasteiger partial charge in [-0.15, -0.1) is 0 Å². The van der Waals surface area contributed by atoms with E-state index in [0.29, 0.717) is 5.92 Å². The molecule has 66 valence electrons. The molecule has 13 heavy (non-hydrogen) atoms. The van der Waals surface area contributed by atoms with Gasteiger partial charge < -0.3 is 0 Å². The zero-order chi connectivity index (χ0) is 9.26. The topological polar surface area (TPSA) is 30.2 Å². The minimum atomic E-state index is 0.470. The normalized spacial score (nSPS) is 14.2. The molecule has 1 aromatic heterocycles. The van der Waals surface area contributed by atoms with Crippen molar-refractivity contribution < 1.29 is 0 Å². The Balaban J connectivity index is 2.52. The lowest BCUT2D eigenvalue weighted by Crippen LogP contribution is -1.94. The van der Waals surface area contributed by atoms with Gasteiger partial charge in [0.1, 0.15) is 0 Å². The molecule has 3 heteroatoms. The van der Waals surface area contributed by atoms with Crippen LogP contribution in [0, 0.1) is 5.92 Å². The molecular weight excluding hydrogens is 162 g/mol. The van der Waals surface area contributed by atoms with E-state index in [4.69, 9.17) is 0 Å². The van der Waals surface area contributed by atoms with E-state index in [1.54, 1.807) is 10.9 Å². The van der Waals surface area contributed by atoms with Gasteiger partial charge >= 0.3 is 0 Å². The lowest BCUT2D eigenvalue weighted by Gasteiger charge is -2.03. The van der Waals surface area contributed by atoms with Crippen LogP contribution in [0.4, 0.5) is 5.82 Å². The second-order valence-corrected chi connectivity index (χ2v) is 3.30. The van der Waals surface area contributed by atoms with Gasteiger partial charge in [0.2, 0.25) is 0 Å². The van der Waals surface area contributed by atoms with Crippen molar-refractivity contribution >= 4 is 17.9 Å². The van der Waals surface area contributed by atoms with Gasteiger partial charge in [-0.2, -0.15) is 10.1 Å². The lowest BCUT2D eigenvalue weighted by atomic mass is 10.1. The van der Waals surface area contributed by atoms with Crippen molar-refractivity contribution in [2.75, 3.05) is 0 Å². The molecule has 1 aliphatic rings. The van der Waals surface area contributed by atoms with Gasteiger partial charge in [-0.25, -0.2) is 4.68 Å². The molecule has 3 nitrogen and oxygen atoms in total. The maximum atomic E-state index is 4.14. The van der Waals surface area contributed by atoms with Crippen molar-refractivity contribution in [1.29, 1.82) is 0 Å². The standard InChI is InChI=1S/C10H11N3/c1-8(2)9-3-5-11-10-4-6-12-13(10)7-9/h3-4,6-8H,1-2H3. The maximum Gasteiger partial charge on any atom is 0.164 e. The third-order valence-electron chi connectivity index (χ3n) is 2.00. The van der Waals surface area contributed by atoms with Crippen molar-refractivity contribution in [1.82, 2.24) is 9.78 Å². The summed E-state index contributed by atoms with van der Waals surface area (Å²) >= 11 is 0. The number of allylic oxidation sites excluding steroid dienone is 2. The average Bonchev–Trinajstić information content (AvgIpc) is 2.42. The van der Waals surface area contributed by atoms with E-state index in [1.165, 1.54) is 5.57 Å². The van der Waals surface area contributed by atoms with Crippen molar-refractivity contribution in [3.05, 3.63) is 23.9 Å². The van der Waals surface area contributed by atoms with Crippen LogP contribution in [0.1, 0.15) is 13.8 Å². The van der Waals surface area contributed by atoms with E-state index in [1.807, 2.05) is 18.3 Å². The summed E-state index contributed by atoms with van der Waals surface area (Å²) in [7, 11) is 0. The number of hydrogen-bond donors (Lipinski definition) is 0. The first-order valence-electron chi connectivity index (χ1n) is 4.32. The highest BCUT2D eigenvalue weighted by Crippen LogP contribution is 2.18. The van der Waals surface area contributed by atoms with Crippen LogP contribution in [0.3, 0.4) is 0 Å². The van der Waals surface area contributed by atoms with Gasteiger partial charge in [0.05, 0.1) is 6.20 Å². The Morgan fingerprint density at radius 1 is 1.46 bits per heavy atom. The third-order valence-corrected chi connectivity index (χ3v) is 2.00. The smallest absolute Gasteiger partial charge is 0.164 e. The first-order valence-corrected chi connectivity index (χ1v) is 4.32. The highest BCUT2D eigenvalue weighted by atomic mass is 15.3. The molecule has 0 spiro atoms. The van der Waals surface area contributed by atoms with Crippen LogP contribution >= 0.6 is 0 Å². The Labute approximate surface area is 77.1 Å². The summed E-state index contributed by atoms with van der Waals surface area (Å²) in [5, 5.41) is 4.14. The maximum absolute atomic E-state index is 4.14. The molecular formula is C10H11N3. The summed E-state index contributed by atoms with van der Waals surface area (Å²) in [6.45, 7) is 4.27. The Kier molecular flexibility index (Phi) is 1.87. The van der Waals surface area contributed by atoms with Crippen LogP contribution in [-0.2, 0) is 0 Å². The fourth-order valence-electron chi connectivity index (χ4n) is 1.16. The number of fused-ring (bicyclic) bond motifs is 1. The lowest BCUT2D eigenvalue weighted by molar-refractivity contribution is 0.787. The molecule has 0 N–H and O–H groups in total. The van der Waals surface area contributed by atoms with Crippen LogP contribution in [0.15, 0.2) is 28.9 Å². The van der Waals surface area contributed by atoms with Crippen molar-refractivity contribution in [3.8, 4) is 0 Å². The zero-order valence-corrected chi connectivity index (χ0v) is 7.73. The second kappa shape index (κ2) is 3.04. The molecule has 1 aliphatic heterocycles. The molecule has 0 aliphatic carbocycles. The highest BCUT2D eigenvalue weighted by molar-refractivity contribution is 5.67. The van der Waals surface area contributed by atoms with E-state index in [9.17, 15) is 0 Å². The van der Waals surface area contributed by atoms with Gasteiger partial charge in [0.15, 0.2) is 5.82 Å². The number of aliphatic imine (C=N–C) groups is 1. The fourth-order valence-corrected chi connectivity index (χ4v) is 1.16. The van der Waals surface area contributed by atoms with Gasteiger partial charge in [0.25, 0.3) is 0 Å². The van der Waals surface area contributed by atoms with E-state index >= 15 is 0 Å². The average molecular weight is 173 g/mol. The number of rotatable bonds is 1. The molecule has 0 fully saturated rings. The summed E-state index contributed by atoms with van der Waals surface area (Å²) < 4.78 is 1.77. The highest BCUT2D eigenvalue weighted by Gasteiger charge is 2.04. The summed E-state index contributed by atoms with van der Waals surface area (Å²) in [5.41, 5.74) is 1.19. The predicted molar refractivity (Wildman–Crippen MR) is 53.0 cm³/mol. The Hall–Kier alpha value is -1.60. The molecule has 0 bridgehead atoms. The summed E-state index contributed by atoms with van der Waals surface area (Å²) in [5.74, 6) is 4.19. The van der Waals surface area contributed by atoms with E-state index in [0.717, 1.165) is 5.82 Å². The number of hydrogen-bond acceptors (Lipinski definition) is 2. The van der Waals surface area contributed by atoms with E-state index < -0.39 is 0 Å². The first-order chi connectivity index (χ1) is 6.27. The van der Waals surface area contributed by atoms with Gasteiger partial charge in [0, 0.05) is 18.3 Å². The molecule has 0 radical (unpaired) electrons. The Morgan fingerprint density at radius 2 is 2.31 bits per heavy atom. The third kappa shape index (κ3) is 1.46. The van der Waals surface area contributed by atoms with Crippen LogP contribution < -0.4 is 0 Å². The number of aromatic nitrogens is 2. The summed E-state index contributed by atoms with van der Waals surface area (Å²) in [6, 6.07) is 1.86. The molecule has 0 amide bonds. The SMILES string of the molecule is CC(C)C1=Cn2nccc2N=C=C1. The van der Waals surface area contributed by atoms with Gasteiger partial charge in [-0.1, -0.05) is 13.8 Å². The van der Waals surface area contributed by atoms with Crippen LogP contribution in [0.25, 0.3) is 6.20 Å². The Morgan fingerprint density at radius 3 is 3.08 bits per heavy atom. The van der Waals surface area contributed by atoms with Crippen LogP contribution in [0.2, 0.25) is 0 Å². The summed E-state index contributed by atoms with van der Waals surface area (Å²) in [4.78, 5) is 4.12. The molecule has 0 saturated carbocycles. The van der Waals surface area contributed by atoms with E-state index in [2.05, 4.69) is 29.8 Å². The molecule has 2 rings (SSSR count). The Bertz CT molecular complexity index is 404. The number of nitrogens with zero attached hydrogens (tertiary/aromatic N) is 3. The molecule has 0 aromatic carbocycles. The summed E-state index contributed by atoms with van der Waals surface area (Å²) in [6.07, 6.45) is 5.63. The second-order valence-electron chi connectivity index (χ2n) is 3.30. The van der Waals surface area contributed by atoms with Crippen molar-refractivity contribution in [2.45, 2.75) is 13.8 Å². The molecule has 0 unspecified atom stereocenters. The minimum Gasteiger partial charge on any atom is -0.222 e. The molecule has 1 aromatic rings. The van der Waals surface area contributed by atoms with Crippen molar-refractivity contribution in [3.63, 3.8) is 0 Å². The molecule has 2 heterocycles. The van der Waals surface area contributed by atoms with Crippen molar-refractivity contribution in [2.24, 2.45) is 10.9 Å². The van der Waals surface area contributed by atoms with Gasteiger partial charge in [-0.3, -0.25) is 0 Å². The zero-order valence-electron chi connectivity index (χ0n) is 7.73. The molecule has 0 atom stereocenters. The van der Waals surface area contributed by atoms with Crippen LogP contribution in [0.5, 0.6) is 0 Å². The van der Waals surface area contributed by atoms with E-state index in [-0.39, 0.29) is 0 Å². The quantitative estimate of drug-likeness (QED) is 0.640. The monoisotopic (exact) mass is 173 g/mol. The largest absolute Gasteiger partial charge is 0.222 e.